The highest BCUT2D eigenvalue weighted by Crippen LogP contribution is 2.66. The molecule has 2 unspecified atom stereocenters. The van der Waals surface area contributed by atoms with E-state index < -0.39 is 59.4 Å². The van der Waals surface area contributed by atoms with Crippen LogP contribution in [-0.2, 0) is 31.6 Å². The largest absolute Gasteiger partial charge is 0.490 e. The Labute approximate surface area is 192 Å². The standard InChI is InChI=1S/C13H16FN4O14P3/c1-3-12(21)10(20)13(14,4-29-34(25,26)32-35(27,28)31-33(22,23)24)30-11(12)18-5-15-7-8(18)16-6(2)17-9(7)19/h1,5,10-11,20-21H,4H2,2H3,(H,25,26)(H,27,28)(H,16,17,19)(H2,22,23,24)/t10-,11+,12+,13+/m0/s1. The number of aliphatic hydroxyl groups excluding tert-OH is 1. The number of phosphoric acid groups is 3. The number of hydrogen-bond donors (Lipinski definition) is 7. The average molecular weight is 564 g/mol. The van der Waals surface area contributed by atoms with Crippen molar-refractivity contribution in [3.63, 3.8) is 0 Å². The van der Waals surface area contributed by atoms with E-state index in [0.717, 1.165) is 10.9 Å². The van der Waals surface area contributed by atoms with E-state index in [1.165, 1.54) is 6.92 Å². The van der Waals surface area contributed by atoms with Gasteiger partial charge in [-0.3, -0.25) is 13.9 Å². The number of H-pyrrole nitrogens is 1. The van der Waals surface area contributed by atoms with Gasteiger partial charge in [0.25, 0.3) is 11.4 Å². The fourth-order valence-corrected chi connectivity index (χ4v) is 6.05. The number of aliphatic hydroxyl groups is 2. The zero-order valence-corrected chi connectivity index (χ0v) is 19.7. The number of ether oxygens (including phenoxy) is 1. The maximum Gasteiger partial charge on any atom is 0.490 e. The molecule has 6 atom stereocenters. The molecule has 7 N–H and O–H groups in total. The number of nitrogens with one attached hydrogen (secondary N) is 1. The first-order chi connectivity index (χ1) is 15.8. The minimum Gasteiger partial charge on any atom is -0.383 e. The van der Waals surface area contributed by atoms with Crippen LogP contribution in [0.3, 0.4) is 0 Å². The molecule has 0 saturated carbocycles. The molecule has 22 heteroatoms. The number of imidazole rings is 1. The molecule has 1 fully saturated rings. The van der Waals surface area contributed by atoms with E-state index in [0.29, 0.717) is 0 Å². The highest BCUT2D eigenvalue weighted by Gasteiger charge is 2.66. The Hall–Kier alpha value is -1.87. The Kier molecular flexibility index (Phi) is 7.05. The van der Waals surface area contributed by atoms with E-state index in [1.54, 1.807) is 5.92 Å². The predicted molar refractivity (Wildman–Crippen MR) is 106 cm³/mol. The van der Waals surface area contributed by atoms with Gasteiger partial charge in [0, 0.05) is 0 Å². The van der Waals surface area contributed by atoms with Crippen LogP contribution in [0.25, 0.3) is 11.2 Å². The molecule has 2 aromatic heterocycles. The molecule has 0 amide bonds. The van der Waals surface area contributed by atoms with Crippen molar-refractivity contribution in [2.45, 2.75) is 30.7 Å². The summed E-state index contributed by atoms with van der Waals surface area (Å²) in [4.78, 5) is 57.8. The zero-order chi connectivity index (χ0) is 26.6. The summed E-state index contributed by atoms with van der Waals surface area (Å²) < 4.78 is 66.3. The van der Waals surface area contributed by atoms with E-state index in [9.17, 15) is 33.6 Å². The van der Waals surface area contributed by atoms with Crippen LogP contribution in [0.5, 0.6) is 0 Å². The molecule has 2 aromatic rings. The van der Waals surface area contributed by atoms with Crippen LogP contribution in [0.15, 0.2) is 11.1 Å². The molecular weight excluding hydrogens is 548 g/mol. The summed E-state index contributed by atoms with van der Waals surface area (Å²) >= 11 is 0. The summed E-state index contributed by atoms with van der Waals surface area (Å²) in [6.07, 6.45) is 1.36. The van der Waals surface area contributed by atoms with Crippen molar-refractivity contribution in [1.82, 2.24) is 19.5 Å². The van der Waals surface area contributed by atoms with E-state index in [4.69, 9.17) is 25.8 Å². The molecule has 0 bridgehead atoms. The van der Waals surface area contributed by atoms with Gasteiger partial charge in [0.05, 0.1) is 6.33 Å². The number of aromatic nitrogens is 4. The molecular formula is C13H16FN4O14P3. The van der Waals surface area contributed by atoms with Crippen molar-refractivity contribution in [2.75, 3.05) is 6.61 Å². The number of halogens is 1. The lowest BCUT2D eigenvalue weighted by Crippen LogP contribution is -2.50. The molecule has 0 aliphatic carbocycles. The summed E-state index contributed by atoms with van der Waals surface area (Å²) in [6.45, 7) is -0.407. The quantitative estimate of drug-likeness (QED) is 0.145. The van der Waals surface area contributed by atoms with Crippen molar-refractivity contribution in [3.05, 3.63) is 22.5 Å². The van der Waals surface area contributed by atoms with Crippen LogP contribution in [0.4, 0.5) is 4.39 Å². The van der Waals surface area contributed by atoms with Crippen molar-refractivity contribution >= 4 is 34.6 Å². The van der Waals surface area contributed by atoms with Crippen LogP contribution in [0.1, 0.15) is 12.1 Å². The van der Waals surface area contributed by atoms with Gasteiger partial charge in [-0.15, -0.1) is 6.42 Å². The number of hydrogen-bond acceptors (Lipinski definition) is 12. The van der Waals surface area contributed by atoms with Gasteiger partial charge in [0.2, 0.25) is 5.60 Å². The van der Waals surface area contributed by atoms with E-state index in [1.807, 2.05) is 0 Å². The second-order valence-corrected chi connectivity index (χ2v) is 11.4. The molecule has 1 aliphatic rings. The smallest absolute Gasteiger partial charge is 0.383 e. The molecule has 3 rings (SSSR count). The second-order valence-electron chi connectivity index (χ2n) is 6.97. The second kappa shape index (κ2) is 8.91. The molecule has 18 nitrogen and oxygen atoms in total. The highest BCUT2D eigenvalue weighted by molar-refractivity contribution is 7.66. The van der Waals surface area contributed by atoms with Crippen molar-refractivity contribution in [3.8, 4) is 12.3 Å². The first kappa shape index (κ1) is 27.7. The third-order valence-corrected chi connectivity index (χ3v) is 8.17. The summed E-state index contributed by atoms with van der Waals surface area (Å²) in [5, 5.41) is 21.1. The third-order valence-electron chi connectivity index (χ3n) is 4.38. The lowest BCUT2D eigenvalue weighted by Gasteiger charge is -2.26. The van der Waals surface area contributed by atoms with Crippen LogP contribution in [-0.4, -0.2) is 73.5 Å². The normalized spacial score (nSPS) is 30.6. The first-order valence-electron chi connectivity index (χ1n) is 8.79. The number of alkyl halides is 1. The molecule has 3 heterocycles. The Bertz CT molecular complexity index is 1400. The van der Waals surface area contributed by atoms with Gasteiger partial charge in [-0.25, -0.2) is 28.1 Å². The number of aryl methyl sites for hydroxylation is 1. The maximum absolute atomic E-state index is 15.5. The summed E-state index contributed by atoms with van der Waals surface area (Å²) in [7, 11) is -17.4. The van der Waals surface area contributed by atoms with E-state index in [-0.39, 0.29) is 17.0 Å². The Morgan fingerprint density at radius 2 is 1.91 bits per heavy atom. The van der Waals surface area contributed by atoms with Crippen LogP contribution >= 0.6 is 23.5 Å². The van der Waals surface area contributed by atoms with Gasteiger partial charge in [-0.1, -0.05) is 5.92 Å². The Balaban J connectivity index is 1.89. The van der Waals surface area contributed by atoms with Gasteiger partial charge >= 0.3 is 23.5 Å². The average Bonchev–Trinajstić information content (AvgIpc) is 3.18. The van der Waals surface area contributed by atoms with Crippen LogP contribution < -0.4 is 5.56 Å². The monoisotopic (exact) mass is 564 g/mol. The first-order valence-corrected chi connectivity index (χ1v) is 13.3. The van der Waals surface area contributed by atoms with Crippen molar-refractivity contribution in [1.29, 1.82) is 0 Å². The molecule has 1 saturated heterocycles. The number of nitrogens with zero attached hydrogens (tertiary/aromatic N) is 3. The number of rotatable bonds is 8. The fraction of sp³-hybridized carbons (Fsp3) is 0.462. The minimum atomic E-state index is -5.92. The summed E-state index contributed by atoms with van der Waals surface area (Å²) in [6, 6.07) is 0. The molecule has 0 spiro atoms. The summed E-state index contributed by atoms with van der Waals surface area (Å²) in [5.41, 5.74) is -4.17. The SMILES string of the molecule is C#C[C@]1(O)[C@H](n2cnc3c(=O)[nH]c(C)nc32)O[C@](F)(COP(=O)(O)OP(=O)(O)OP(=O)(O)O)[C@H]1O. The lowest BCUT2D eigenvalue weighted by molar-refractivity contribution is -0.203. The molecule has 0 aromatic carbocycles. The van der Waals surface area contributed by atoms with Crippen LogP contribution in [0, 0.1) is 19.3 Å². The third kappa shape index (κ3) is 5.61. The van der Waals surface area contributed by atoms with Crippen LogP contribution in [0.2, 0.25) is 0 Å². The summed E-state index contributed by atoms with van der Waals surface area (Å²) in [5.74, 6) is -1.82. The van der Waals surface area contributed by atoms with E-state index >= 15 is 4.39 Å². The van der Waals surface area contributed by atoms with Gasteiger partial charge in [-0.05, 0) is 6.92 Å². The highest BCUT2D eigenvalue weighted by atomic mass is 31.3. The molecule has 0 radical (unpaired) electrons. The predicted octanol–water partition coefficient (Wildman–Crippen LogP) is -1.31. The molecule has 1 aliphatic heterocycles. The molecule has 35 heavy (non-hydrogen) atoms. The lowest BCUT2D eigenvalue weighted by atomic mass is 9.94. The fourth-order valence-electron chi connectivity index (χ4n) is 3.02. The topological polar surface area (TPSA) is 273 Å². The van der Waals surface area contributed by atoms with Gasteiger partial charge in [0.15, 0.2) is 23.5 Å². The number of phosphoric ester groups is 1. The van der Waals surface area contributed by atoms with E-state index in [2.05, 4.69) is 28.1 Å². The number of terminal acetylenes is 1. The number of fused-ring (bicyclic) bond motifs is 1. The maximum atomic E-state index is 15.5. The Morgan fingerprint density at radius 3 is 2.49 bits per heavy atom. The van der Waals surface area contributed by atoms with Gasteiger partial charge < -0.3 is 39.5 Å². The van der Waals surface area contributed by atoms with Gasteiger partial charge in [-0.2, -0.15) is 8.62 Å². The van der Waals surface area contributed by atoms with Crippen molar-refractivity contribution in [2.24, 2.45) is 0 Å². The molecule has 194 valence electrons. The minimum absolute atomic E-state index is 0.0752. The zero-order valence-electron chi connectivity index (χ0n) is 17.0. The van der Waals surface area contributed by atoms with Crippen molar-refractivity contribution < 1.29 is 65.8 Å². The Morgan fingerprint density at radius 1 is 1.29 bits per heavy atom. The number of aromatic amines is 1. The van der Waals surface area contributed by atoms with Gasteiger partial charge in [0.1, 0.15) is 12.4 Å².